The van der Waals surface area contributed by atoms with Crippen molar-refractivity contribution in [1.29, 1.82) is 0 Å². The van der Waals surface area contributed by atoms with Crippen molar-refractivity contribution in [3.05, 3.63) is 34.3 Å². The van der Waals surface area contributed by atoms with Crippen molar-refractivity contribution in [1.82, 2.24) is 0 Å². The minimum atomic E-state index is 0.179. The Balaban J connectivity index is 2.60. The molecule has 1 aromatic carbocycles. The fraction of sp³-hybridized carbons (Fsp3) is 0.500. The summed E-state index contributed by atoms with van der Waals surface area (Å²) in [5.74, 6) is 0.702. The second-order valence-corrected chi connectivity index (χ2v) is 4.82. The molecule has 0 amide bonds. The molecule has 0 saturated heterocycles. The van der Waals surface area contributed by atoms with Crippen LogP contribution in [0.3, 0.4) is 0 Å². The van der Waals surface area contributed by atoms with Crippen molar-refractivity contribution in [2.24, 2.45) is 11.7 Å². The third-order valence-corrected chi connectivity index (χ3v) is 3.18. The molecule has 0 aromatic heterocycles. The van der Waals surface area contributed by atoms with Gasteiger partial charge in [-0.05, 0) is 30.0 Å². The van der Waals surface area contributed by atoms with Crippen molar-refractivity contribution >= 4 is 15.9 Å². The van der Waals surface area contributed by atoms with Crippen molar-refractivity contribution in [2.45, 2.75) is 32.7 Å². The van der Waals surface area contributed by atoms with Crippen LogP contribution in [-0.4, -0.2) is 0 Å². The molecule has 0 bridgehead atoms. The minimum Gasteiger partial charge on any atom is -0.324 e. The molecule has 0 aliphatic rings. The first-order valence-electron chi connectivity index (χ1n) is 5.14. The predicted molar refractivity (Wildman–Crippen MR) is 65.1 cm³/mol. The number of benzene rings is 1. The molecule has 1 nitrogen and oxygen atoms in total. The smallest absolute Gasteiger partial charge is 0.0297 e. The van der Waals surface area contributed by atoms with E-state index in [0.29, 0.717) is 5.92 Å². The molecular weight excluding hydrogens is 238 g/mol. The van der Waals surface area contributed by atoms with E-state index in [9.17, 15) is 0 Å². The van der Waals surface area contributed by atoms with Gasteiger partial charge in [-0.1, -0.05) is 48.3 Å². The summed E-state index contributed by atoms with van der Waals surface area (Å²) >= 11 is 3.42. The van der Waals surface area contributed by atoms with E-state index in [0.717, 1.165) is 10.9 Å². The highest BCUT2D eigenvalue weighted by molar-refractivity contribution is 9.10. The SMILES string of the molecule is CCC(C)CC(N)c1ccc(Br)cc1. The molecule has 0 saturated carbocycles. The van der Waals surface area contributed by atoms with Gasteiger partial charge in [-0.3, -0.25) is 0 Å². The highest BCUT2D eigenvalue weighted by Gasteiger charge is 2.09. The maximum Gasteiger partial charge on any atom is 0.0297 e. The van der Waals surface area contributed by atoms with Gasteiger partial charge in [0.2, 0.25) is 0 Å². The largest absolute Gasteiger partial charge is 0.324 e. The standard InChI is InChI=1S/C12H18BrN/c1-3-9(2)8-12(14)10-4-6-11(13)7-5-10/h4-7,9,12H,3,8,14H2,1-2H3. The van der Waals surface area contributed by atoms with Crippen LogP contribution in [0.1, 0.15) is 38.3 Å². The first-order valence-corrected chi connectivity index (χ1v) is 5.93. The van der Waals surface area contributed by atoms with Gasteiger partial charge in [0.1, 0.15) is 0 Å². The molecule has 2 heteroatoms. The molecule has 78 valence electrons. The summed E-state index contributed by atoms with van der Waals surface area (Å²) in [5, 5.41) is 0. The van der Waals surface area contributed by atoms with E-state index in [1.807, 2.05) is 12.1 Å². The van der Waals surface area contributed by atoms with Crippen LogP contribution in [0.2, 0.25) is 0 Å². The fourth-order valence-corrected chi connectivity index (χ4v) is 1.71. The van der Waals surface area contributed by atoms with E-state index in [1.54, 1.807) is 0 Å². The van der Waals surface area contributed by atoms with Gasteiger partial charge in [0.15, 0.2) is 0 Å². The summed E-state index contributed by atoms with van der Waals surface area (Å²) < 4.78 is 1.11. The van der Waals surface area contributed by atoms with E-state index in [2.05, 4.69) is 41.9 Å². The molecule has 0 radical (unpaired) electrons. The lowest BCUT2D eigenvalue weighted by Crippen LogP contribution is -2.13. The van der Waals surface area contributed by atoms with Gasteiger partial charge in [0.25, 0.3) is 0 Å². The molecule has 2 atom stereocenters. The molecule has 1 aromatic rings. The van der Waals surface area contributed by atoms with Crippen LogP contribution in [-0.2, 0) is 0 Å². The average molecular weight is 256 g/mol. The Morgan fingerprint density at radius 1 is 1.29 bits per heavy atom. The van der Waals surface area contributed by atoms with Crippen molar-refractivity contribution in [3.8, 4) is 0 Å². The lowest BCUT2D eigenvalue weighted by atomic mass is 9.95. The molecule has 0 aliphatic heterocycles. The van der Waals surface area contributed by atoms with Gasteiger partial charge < -0.3 is 5.73 Å². The second kappa shape index (κ2) is 5.52. The Bertz CT molecular complexity index is 268. The van der Waals surface area contributed by atoms with Gasteiger partial charge in [-0.2, -0.15) is 0 Å². The Morgan fingerprint density at radius 2 is 1.86 bits per heavy atom. The lowest BCUT2D eigenvalue weighted by molar-refractivity contribution is 0.461. The molecule has 0 heterocycles. The quantitative estimate of drug-likeness (QED) is 0.869. The van der Waals surface area contributed by atoms with Crippen molar-refractivity contribution in [2.75, 3.05) is 0 Å². The Hall–Kier alpha value is -0.340. The first-order chi connectivity index (χ1) is 6.63. The molecular formula is C12H18BrN. The van der Waals surface area contributed by atoms with Crippen molar-refractivity contribution < 1.29 is 0 Å². The molecule has 2 N–H and O–H groups in total. The van der Waals surface area contributed by atoms with Gasteiger partial charge >= 0.3 is 0 Å². The number of rotatable bonds is 4. The van der Waals surface area contributed by atoms with Crippen LogP contribution in [0.5, 0.6) is 0 Å². The summed E-state index contributed by atoms with van der Waals surface area (Å²) in [6.45, 7) is 4.46. The van der Waals surface area contributed by atoms with Crippen LogP contribution < -0.4 is 5.73 Å². The Morgan fingerprint density at radius 3 is 2.36 bits per heavy atom. The summed E-state index contributed by atoms with van der Waals surface area (Å²) in [6, 6.07) is 8.46. The third kappa shape index (κ3) is 3.43. The maximum atomic E-state index is 6.11. The fourth-order valence-electron chi connectivity index (χ4n) is 1.45. The minimum absolute atomic E-state index is 0.179. The molecule has 1 rings (SSSR count). The highest BCUT2D eigenvalue weighted by atomic mass is 79.9. The van der Waals surface area contributed by atoms with Gasteiger partial charge in [0.05, 0.1) is 0 Å². The Kier molecular flexibility index (Phi) is 4.63. The number of hydrogen-bond donors (Lipinski definition) is 1. The normalized spacial score (nSPS) is 15.1. The van der Waals surface area contributed by atoms with E-state index in [1.165, 1.54) is 12.0 Å². The first kappa shape index (κ1) is 11.7. The zero-order valence-corrected chi connectivity index (χ0v) is 10.4. The van der Waals surface area contributed by atoms with Crippen molar-refractivity contribution in [3.63, 3.8) is 0 Å². The van der Waals surface area contributed by atoms with E-state index in [4.69, 9.17) is 5.73 Å². The summed E-state index contributed by atoms with van der Waals surface area (Å²) in [7, 11) is 0. The average Bonchev–Trinajstić information content (AvgIpc) is 2.18. The number of hydrogen-bond acceptors (Lipinski definition) is 1. The van der Waals surface area contributed by atoms with Crippen LogP contribution in [0.4, 0.5) is 0 Å². The van der Waals surface area contributed by atoms with Gasteiger partial charge in [0, 0.05) is 10.5 Å². The molecule has 0 aliphatic carbocycles. The summed E-state index contributed by atoms with van der Waals surface area (Å²) in [4.78, 5) is 0. The second-order valence-electron chi connectivity index (χ2n) is 3.91. The highest BCUT2D eigenvalue weighted by Crippen LogP contribution is 2.22. The molecule has 0 spiro atoms. The Labute approximate surface area is 94.8 Å². The van der Waals surface area contributed by atoms with Gasteiger partial charge in [-0.15, -0.1) is 0 Å². The number of nitrogens with two attached hydrogens (primary N) is 1. The zero-order chi connectivity index (χ0) is 10.6. The van der Waals surface area contributed by atoms with Gasteiger partial charge in [-0.25, -0.2) is 0 Å². The van der Waals surface area contributed by atoms with E-state index in [-0.39, 0.29) is 6.04 Å². The monoisotopic (exact) mass is 255 g/mol. The van der Waals surface area contributed by atoms with Crippen LogP contribution in [0.15, 0.2) is 28.7 Å². The molecule has 2 unspecified atom stereocenters. The third-order valence-electron chi connectivity index (χ3n) is 2.65. The lowest BCUT2D eigenvalue weighted by Gasteiger charge is -2.16. The van der Waals surface area contributed by atoms with E-state index < -0.39 is 0 Å². The topological polar surface area (TPSA) is 26.0 Å². The predicted octanol–water partition coefficient (Wildman–Crippen LogP) is 3.89. The molecule has 14 heavy (non-hydrogen) atoms. The molecule has 0 fully saturated rings. The van der Waals surface area contributed by atoms with Crippen LogP contribution >= 0.6 is 15.9 Å². The zero-order valence-electron chi connectivity index (χ0n) is 8.83. The summed E-state index contributed by atoms with van der Waals surface area (Å²) in [5.41, 5.74) is 7.34. The summed E-state index contributed by atoms with van der Waals surface area (Å²) in [6.07, 6.45) is 2.27. The van der Waals surface area contributed by atoms with Crippen LogP contribution in [0, 0.1) is 5.92 Å². The number of halogens is 1. The van der Waals surface area contributed by atoms with Crippen LogP contribution in [0.25, 0.3) is 0 Å². The van der Waals surface area contributed by atoms with E-state index >= 15 is 0 Å². The maximum absolute atomic E-state index is 6.11.